The van der Waals surface area contributed by atoms with Crippen molar-refractivity contribution in [2.45, 2.75) is 12.3 Å². The van der Waals surface area contributed by atoms with E-state index in [1.807, 2.05) is 6.07 Å². The Morgan fingerprint density at radius 1 is 1.11 bits per heavy atom. The van der Waals surface area contributed by atoms with Crippen LogP contribution < -0.4 is 5.73 Å². The number of nitrogens with zero attached hydrogens (tertiary/aromatic N) is 2. The first-order chi connectivity index (χ1) is 9.33. The largest absolute Gasteiger partial charge is 0.374 e. The SMILES string of the molecule is Nc1nnc(C(Cc2ccccc2)c2ccsc2)s1. The Labute approximate surface area is 119 Å². The van der Waals surface area contributed by atoms with E-state index in [0.717, 1.165) is 11.4 Å². The highest BCUT2D eigenvalue weighted by Crippen LogP contribution is 2.32. The molecule has 1 unspecified atom stereocenters. The zero-order valence-electron chi connectivity index (χ0n) is 10.2. The molecule has 3 aromatic rings. The first kappa shape index (κ1) is 12.3. The molecule has 0 amide bonds. The van der Waals surface area contributed by atoms with Crippen LogP contribution in [-0.4, -0.2) is 10.2 Å². The molecule has 2 N–H and O–H groups in total. The van der Waals surface area contributed by atoms with Gasteiger partial charge in [0.25, 0.3) is 0 Å². The molecule has 0 radical (unpaired) electrons. The number of thiophene rings is 1. The van der Waals surface area contributed by atoms with Crippen molar-refractivity contribution in [3.05, 3.63) is 63.3 Å². The van der Waals surface area contributed by atoms with E-state index in [4.69, 9.17) is 5.73 Å². The van der Waals surface area contributed by atoms with Crippen LogP contribution in [0.3, 0.4) is 0 Å². The molecule has 0 aliphatic carbocycles. The van der Waals surface area contributed by atoms with E-state index in [1.165, 1.54) is 22.5 Å². The lowest BCUT2D eigenvalue weighted by Gasteiger charge is -2.12. The van der Waals surface area contributed by atoms with Gasteiger partial charge in [-0.2, -0.15) is 11.3 Å². The Balaban J connectivity index is 1.93. The highest BCUT2D eigenvalue weighted by Gasteiger charge is 2.19. The predicted molar refractivity (Wildman–Crippen MR) is 80.6 cm³/mol. The summed E-state index contributed by atoms with van der Waals surface area (Å²) in [7, 11) is 0. The summed E-state index contributed by atoms with van der Waals surface area (Å²) in [4.78, 5) is 0. The number of anilines is 1. The molecule has 1 atom stereocenters. The first-order valence-electron chi connectivity index (χ1n) is 5.98. The molecule has 0 spiro atoms. The van der Waals surface area contributed by atoms with Crippen LogP contribution in [0.25, 0.3) is 0 Å². The Bertz CT molecular complexity index is 632. The summed E-state index contributed by atoms with van der Waals surface area (Å²) in [6, 6.07) is 12.6. The molecule has 96 valence electrons. The number of hydrogen-bond acceptors (Lipinski definition) is 5. The Hall–Kier alpha value is -1.72. The molecule has 5 heteroatoms. The predicted octanol–water partition coefficient (Wildman–Crippen LogP) is 3.56. The third-order valence-corrected chi connectivity index (χ3v) is 4.55. The summed E-state index contributed by atoms with van der Waals surface area (Å²) >= 11 is 3.18. The van der Waals surface area contributed by atoms with Crippen molar-refractivity contribution >= 4 is 27.8 Å². The van der Waals surface area contributed by atoms with Gasteiger partial charge in [-0.05, 0) is 34.4 Å². The fourth-order valence-corrected chi connectivity index (χ4v) is 3.51. The van der Waals surface area contributed by atoms with Crippen LogP contribution in [0, 0.1) is 0 Å². The first-order valence-corrected chi connectivity index (χ1v) is 7.74. The molecular weight excluding hydrogens is 274 g/mol. The third-order valence-electron chi connectivity index (χ3n) is 2.98. The third kappa shape index (κ3) is 2.83. The van der Waals surface area contributed by atoms with Gasteiger partial charge in [0, 0.05) is 5.92 Å². The van der Waals surface area contributed by atoms with Gasteiger partial charge in [0.05, 0.1) is 0 Å². The van der Waals surface area contributed by atoms with Crippen molar-refractivity contribution in [2.24, 2.45) is 0 Å². The van der Waals surface area contributed by atoms with Crippen molar-refractivity contribution < 1.29 is 0 Å². The smallest absolute Gasteiger partial charge is 0.203 e. The monoisotopic (exact) mass is 287 g/mol. The van der Waals surface area contributed by atoms with Gasteiger partial charge in [0.15, 0.2) is 0 Å². The van der Waals surface area contributed by atoms with Gasteiger partial charge in [-0.1, -0.05) is 41.7 Å². The van der Waals surface area contributed by atoms with E-state index in [-0.39, 0.29) is 5.92 Å². The zero-order valence-corrected chi connectivity index (χ0v) is 11.8. The summed E-state index contributed by atoms with van der Waals surface area (Å²) < 4.78 is 0. The number of aromatic nitrogens is 2. The van der Waals surface area contributed by atoms with E-state index >= 15 is 0 Å². The number of benzene rings is 1. The van der Waals surface area contributed by atoms with Crippen LogP contribution in [-0.2, 0) is 6.42 Å². The van der Waals surface area contributed by atoms with Crippen LogP contribution in [0.1, 0.15) is 22.1 Å². The second-order valence-electron chi connectivity index (χ2n) is 4.28. The van der Waals surface area contributed by atoms with Gasteiger partial charge in [0.2, 0.25) is 5.13 Å². The minimum atomic E-state index is 0.239. The number of nitrogen functional groups attached to an aromatic ring is 1. The van der Waals surface area contributed by atoms with Crippen LogP contribution in [0.2, 0.25) is 0 Å². The van der Waals surface area contributed by atoms with E-state index in [0.29, 0.717) is 5.13 Å². The van der Waals surface area contributed by atoms with Gasteiger partial charge in [-0.3, -0.25) is 0 Å². The Morgan fingerprint density at radius 2 is 1.95 bits per heavy atom. The Kier molecular flexibility index (Phi) is 3.57. The van der Waals surface area contributed by atoms with Crippen molar-refractivity contribution in [1.82, 2.24) is 10.2 Å². The molecule has 0 bridgehead atoms. The molecule has 0 saturated carbocycles. The fraction of sp³-hybridized carbons (Fsp3) is 0.143. The minimum absolute atomic E-state index is 0.239. The molecule has 1 aromatic carbocycles. The summed E-state index contributed by atoms with van der Waals surface area (Å²) in [5.41, 5.74) is 8.29. The van der Waals surface area contributed by atoms with Gasteiger partial charge >= 0.3 is 0 Å². The summed E-state index contributed by atoms with van der Waals surface area (Å²) in [5, 5.41) is 13.9. The number of nitrogens with two attached hydrogens (primary N) is 1. The van der Waals surface area contributed by atoms with Crippen LogP contribution in [0.4, 0.5) is 5.13 Å². The van der Waals surface area contributed by atoms with Gasteiger partial charge in [-0.25, -0.2) is 0 Å². The van der Waals surface area contributed by atoms with Gasteiger partial charge < -0.3 is 5.73 Å². The minimum Gasteiger partial charge on any atom is -0.374 e. The molecule has 0 fully saturated rings. The molecule has 0 aliphatic heterocycles. The maximum absolute atomic E-state index is 5.71. The highest BCUT2D eigenvalue weighted by molar-refractivity contribution is 7.15. The lowest BCUT2D eigenvalue weighted by atomic mass is 9.95. The van der Waals surface area contributed by atoms with Crippen LogP contribution >= 0.6 is 22.7 Å². The average Bonchev–Trinajstić information content (AvgIpc) is 3.09. The lowest BCUT2D eigenvalue weighted by molar-refractivity contribution is 0.782. The Morgan fingerprint density at radius 3 is 2.58 bits per heavy atom. The molecule has 2 heterocycles. The quantitative estimate of drug-likeness (QED) is 0.798. The normalized spacial score (nSPS) is 12.4. The summed E-state index contributed by atoms with van der Waals surface area (Å²) in [6.07, 6.45) is 0.923. The van der Waals surface area contributed by atoms with Gasteiger partial charge in [0.1, 0.15) is 5.01 Å². The molecule has 3 nitrogen and oxygen atoms in total. The summed E-state index contributed by atoms with van der Waals surface area (Å²) in [5.74, 6) is 0.239. The molecular formula is C14H13N3S2. The maximum atomic E-state index is 5.71. The molecule has 2 aromatic heterocycles. The topological polar surface area (TPSA) is 51.8 Å². The van der Waals surface area contributed by atoms with E-state index in [9.17, 15) is 0 Å². The average molecular weight is 287 g/mol. The van der Waals surface area contributed by atoms with Crippen molar-refractivity contribution in [3.63, 3.8) is 0 Å². The second-order valence-corrected chi connectivity index (χ2v) is 6.10. The van der Waals surface area contributed by atoms with Crippen LogP contribution in [0.15, 0.2) is 47.2 Å². The van der Waals surface area contributed by atoms with Crippen LogP contribution in [0.5, 0.6) is 0 Å². The zero-order chi connectivity index (χ0) is 13.1. The van der Waals surface area contributed by atoms with Crippen molar-refractivity contribution in [1.29, 1.82) is 0 Å². The number of rotatable bonds is 4. The highest BCUT2D eigenvalue weighted by atomic mass is 32.1. The lowest BCUT2D eigenvalue weighted by Crippen LogP contribution is -2.03. The standard InChI is InChI=1S/C14H13N3S2/c15-14-17-16-13(19-14)12(11-6-7-18-9-11)8-10-4-2-1-3-5-10/h1-7,9,12H,8H2,(H2,15,17). The maximum Gasteiger partial charge on any atom is 0.203 e. The van der Waals surface area contributed by atoms with Crippen molar-refractivity contribution in [2.75, 3.05) is 5.73 Å². The molecule has 19 heavy (non-hydrogen) atoms. The fourth-order valence-electron chi connectivity index (χ4n) is 2.06. The van der Waals surface area contributed by atoms with E-state index in [1.54, 1.807) is 11.3 Å². The van der Waals surface area contributed by atoms with Crippen molar-refractivity contribution in [3.8, 4) is 0 Å². The van der Waals surface area contributed by atoms with E-state index in [2.05, 4.69) is 51.3 Å². The molecule has 0 aliphatic rings. The molecule has 3 rings (SSSR count). The second kappa shape index (κ2) is 5.50. The molecule has 0 saturated heterocycles. The summed E-state index contributed by atoms with van der Waals surface area (Å²) in [6.45, 7) is 0. The van der Waals surface area contributed by atoms with E-state index < -0.39 is 0 Å². The number of hydrogen-bond donors (Lipinski definition) is 1. The van der Waals surface area contributed by atoms with Gasteiger partial charge in [-0.15, -0.1) is 10.2 Å².